The third-order valence-electron chi connectivity index (χ3n) is 7.79. The summed E-state index contributed by atoms with van der Waals surface area (Å²) in [5.74, 6) is 0.648. The molecule has 200 valence electrons. The first-order valence-electron chi connectivity index (χ1n) is 13.6. The molecule has 1 aliphatic heterocycles. The van der Waals surface area contributed by atoms with Crippen molar-refractivity contribution in [3.05, 3.63) is 137 Å². The number of carbonyl (C=O) groups excluding carboxylic acids is 1. The molecule has 0 fully saturated rings. The van der Waals surface area contributed by atoms with E-state index in [1.54, 1.807) is 7.11 Å². The van der Waals surface area contributed by atoms with Gasteiger partial charge in [0.25, 0.3) is 5.91 Å². The maximum absolute atomic E-state index is 14.7. The maximum Gasteiger partial charge on any atom is 0.261 e. The number of ether oxygens (including phenoxy) is 1. The van der Waals surface area contributed by atoms with Crippen molar-refractivity contribution in [1.82, 2.24) is 14.8 Å². The van der Waals surface area contributed by atoms with Gasteiger partial charge in [0.1, 0.15) is 5.75 Å². The Morgan fingerprint density at radius 3 is 2.07 bits per heavy atom. The molecule has 0 aliphatic carbocycles. The normalized spacial score (nSPS) is 14.5. The van der Waals surface area contributed by atoms with Crippen molar-refractivity contribution in [2.24, 2.45) is 0 Å². The van der Waals surface area contributed by atoms with Crippen LogP contribution in [0.25, 0.3) is 28.0 Å². The lowest BCUT2D eigenvalue weighted by atomic mass is 9.92. The third kappa shape index (κ3) is 3.99. The second-order valence-corrected chi connectivity index (χ2v) is 10.3. The van der Waals surface area contributed by atoms with Gasteiger partial charge in [0, 0.05) is 22.2 Å². The van der Waals surface area contributed by atoms with Crippen molar-refractivity contribution in [3.8, 4) is 22.7 Å². The van der Waals surface area contributed by atoms with Crippen molar-refractivity contribution < 1.29 is 9.53 Å². The zero-order valence-electron chi connectivity index (χ0n) is 23.1. The summed E-state index contributed by atoms with van der Waals surface area (Å²) in [4.78, 5) is 21.7. The van der Waals surface area contributed by atoms with Crippen LogP contribution in [0.2, 0.25) is 0 Å². The first-order chi connectivity index (χ1) is 20.0. The second kappa shape index (κ2) is 9.75. The molecule has 1 unspecified atom stereocenters. The Bertz CT molecular complexity index is 1900. The summed E-state index contributed by atoms with van der Waals surface area (Å²) in [6.45, 7) is 4.07. The fourth-order valence-corrected chi connectivity index (χ4v) is 5.83. The van der Waals surface area contributed by atoms with Crippen molar-refractivity contribution in [1.29, 1.82) is 0 Å². The molecular formula is C35H28N4O2. The van der Waals surface area contributed by atoms with Gasteiger partial charge in [-0.15, -0.1) is 0 Å². The van der Waals surface area contributed by atoms with Crippen LogP contribution in [0.1, 0.15) is 38.8 Å². The number of anilines is 1. The van der Waals surface area contributed by atoms with Crippen LogP contribution in [0.5, 0.6) is 5.75 Å². The third-order valence-corrected chi connectivity index (χ3v) is 7.79. The Hall–Kier alpha value is -5.23. The number of hydrogen-bond acceptors (Lipinski definition) is 4. The fraction of sp³-hybridized carbons (Fsp3) is 0.114. The van der Waals surface area contributed by atoms with Crippen LogP contribution in [0.4, 0.5) is 5.69 Å². The largest absolute Gasteiger partial charge is 0.497 e. The van der Waals surface area contributed by atoms with E-state index in [-0.39, 0.29) is 11.9 Å². The van der Waals surface area contributed by atoms with Crippen LogP contribution in [0.3, 0.4) is 0 Å². The van der Waals surface area contributed by atoms with Gasteiger partial charge in [0.15, 0.2) is 5.65 Å². The molecule has 1 amide bonds. The van der Waals surface area contributed by atoms with E-state index in [4.69, 9.17) is 14.8 Å². The van der Waals surface area contributed by atoms with Crippen LogP contribution in [0, 0.1) is 13.8 Å². The number of aryl methyl sites for hydroxylation is 2. The average Bonchev–Trinajstić information content (AvgIpc) is 3.52. The van der Waals surface area contributed by atoms with Crippen molar-refractivity contribution >= 4 is 22.6 Å². The predicted molar refractivity (Wildman–Crippen MR) is 162 cm³/mol. The highest BCUT2D eigenvalue weighted by atomic mass is 16.5. The monoisotopic (exact) mass is 536 g/mol. The molecule has 41 heavy (non-hydrogen) atoms. The minimum absolute atomic E-state index is 0.0872. The van der Waals surface area contributed by atoms with Gasteiger partial charge in [-0.1, -0.05) is 78.4 Å². The molecule has 3 heterocycles. The number of amides is 1. The van der Waals surface area contributed by atoms with E-state index in [0.29, 0.717) is 11.3 Å². The van der Waals surface area contributed by atoms with E-state index in [2.05, 4.69) is 31.2 Å². The molecule has 0 N–H and O–H groups in total. The number of para-hydroxylation sites is 1. The maximum atomic E-state index is 14.7. The van der Waals surface area contributed by atoms with Gasteiger partial charge >= 0.3 is 0 Å². The van der Waals surface area contributed by atoms with Crippen LogP contribution >= 0.6 is 0 Å². The lowest BCUT2D eigenvalue weighted by Gasteiger charge is -2.26. The Kier molecular flexibility index (Phi) is 5.89. The summed E-state index contributed by atoms with van der Waals surface area (Å²) in [5.41, 5.74) is 8.53. The molecule has 7 rings (SSSR count). The van der Waals surface area contributed by atoms with E-state index in [9.17, 15) is 4.79 Å². The van der Waals surface area contributed by atoms with Crippen molar-refractivity contribution in [2.45, 2.75) is 19.9 Å². The number of fused-ring (bicyclic) bond motifs is 3. The average molecular weight is 537 g/mol. The molecule has 4 aromatic carbocycles. The lowest BCUT2D eigenvalue weighted by molar-refractivity contribution is 0.0994. The van der Waals surface area contributed by atoms with Gasteiger partial charge in [-0.3, -0.25) is 9.69 Å². The van der Waals surface area contributed by atoms with Gasteiger partial charge in [-0.2, -0.15) is 5.10 Å². The first kappa shape index (κ1) is 24.8. The number of methoxy groups -OCH3 is 1. The van der Waals surface area contributed by atoms with Gasteiger partial charge in [0.05, 0.1) is 35.8 Å². The molecule has 6 nitrogen and oxygen atoms in total. The molecule has 0 saturated carbocycles. The zero-order chi connectivity index (χ0) is 28.1. The van der Waals surface area contributed by atoms with Gasteiger partial charge < -0.3 is 4.74 Å². The highest BCUT2D eigenvalue weighted by Crippen LogP contribution is 2.48. The van der Waals surface area contributed by atoms with Gasteiger partial charge in [0.2, 0.25) is 0 Å². The standard InChI is InChI=1S/C35H28N4O2/c1-22-14-16-25(17-15-22)33-30-29-23(2)37-39(27-12-8-5-9-13-27)34(29)36-32(24-10-6-4-7-11-24)31(30)35(40)38(33)26-18-20-28(41-3)21-19-26/h4-21,33H,1-3H3. The summed E-state index contributed by atoms with van der Waals surface area (Å²) in [6, 6.07) is 35.7. The second-order valence-electron chi connectivity index (χ2n) is 10.3. The topological polar surface area (TPSA) is 60.2 Å². The van der Waals surface area contributed by atoms with Crippen LogP contribution in [0.15, 0.2) is 109 Å². The molecule has 1 atom stereocenters. The SMILES string of the molecule is COc1ccc(N2C(=O)c3c(-c4ccccc4)nc4c(c(C)nn4-c4ccccc4)c3C2c2ccc(C)cc2)cc1. The van der Waals surface area contributed by atoms with E-state index < -0.39 is 0 Å². The van der Waals surface area contributed by atoms with Crippen LogP contribution in [-0.2, 0) is 0 Å². The summed E-state index contributed by atoms with van der Waals surface area (Å²) < 4.78 is 7.31. The molecule has 0 saturated heterocycles. The molecule has 0 bridgehead atoms. The molecule has 1 aliphatic rings. The number of benzene rings is 4. The van der Waals surface area contributed by atoms with E-state index in [0.717, 1.165) is 56.1 Å². The molecule has 6 aromatic rings. The van der Waals surface area contributed by atoms with Crippen LogP contribution in [-0.4, -0.2) is 27.8 Å². The number of carbonyl (C=O) groups is 1. The molecule has 2 aromatic heterocycles. The molecule has 6 heteroatoms. The quantitative estimate of drug-likeness (QED) is 0.229. The number of hydrogen-bond donors (Lipinski definition) is 0. The van der Waals surface area contributed by atoms with E-state index in [1.807, 2.05) is 101 Å². The zero-order valence-corrected chi connectivity index (χ0v) is 23.1. The van der Waals surface area contributed by atoms with Crippen LogP contribution < -0.4 is 9.64 Å². The number of aromatic nitrogens is 3. The van der Waals surface area contributed by atoms with Gasteiger partial charge in [-0.05, 0) is 55.8 Å². The summed E-state index contributed by atoms with van der Waals surface area (Å²) in [5, 5.41) is 5.87. The van der Waals surface area contributed by atoms with E-state index >= 15 is 0 Å². The van der Waals surface area contributed by atoms with Crippen molar-refractivity contribution in [2.75, 3.05) is 12.0 Å². The number of pyridine rings is 1. The van der Waals surface area contributed by atoms with Gasteiger partial charge in [-0.25, -0.2) is 9.67 Å². The Morgan fingerprint density at radius 1 is 0.756 bits per heavy atom. The Labute approximate surface area is 238 Å². The summed E-state index contributed by atoms with van der Waals surface area (Å²) in [7, 11) is 1.64. The highest BCUT2D eigenvalue weighted by molar-refractivity contribution is 6.18. The predicted octanol–water partition coefficient (Wildman–Crippen LogP) is 7.46. The summed E-state index contributed by atoms with van der Waals surface area (Å²) >= 11 is 0. The Balaban J connectivity index is 1.59. The number of rotatable bonds is 5. The lowest BCUT2D eigenvalue weighted by Crippen LogP contribution is -2.28. The number of nitrogens with zero attached hydrogens (tertiary/aromatic N) is 4. The minimum Gasteiger partial charge on any atom is -0.497 e. The highest BCUT2D eigenvalue weighted by Gasteiger charge is 2.44. The molecule has 0 radical (unpaired) electrons. The Morgan fingerprint density at radius 2 is 1.41 bits per heavy atom. The molecule has 0 spiro atoms. The minimum atomic E-state index is -0.369. The van der Waals surface area contributed by atoms with Crippen molar-refractivity contribution in [3.63, 3.8) is 0 Å². The van der Waals surface area contributed by atoms with E-state index in [1.165, 1.54) is 0 Å². The molecular weight excluding hydrogens is 508 g/mol. The summed E-state index contributed by atoms with van der Waals surface area (Å²) in [6.07, 6.45) is 0. The fourth-order valence-electron chi connectivity index (χ4n) is 5.83. The smallest absolute Gasteiger partial charge is 0.261 e. The first-order valence-corrected chi connectivity index (χ1v) is 13.6.